The molecule has 3 rings (SSSR count). The summed E-state index contributed by atoms with van der Waals surface area (Å²) in [5, 5.41) is 0.516. The standard InChI is InChI=1S/C22H19ClO5/c1-22(12-11-20(25)28-22)18(13-19(24)14-3-7-16(23)8-4-14)21(26)15-5-9-17(27-2)10-6-15/h3-12,18H,13H2,1-2H3. The van der Waals surface area contributed by atoms with Crippen LogP contribution in [0, 0.1) is 5.92 Å². The summed E-state index contributed by atoms with van der Waals surface area (Å²) in [6, 6.07) is 13.1. The lowest BCUT2D eigenvalue weighted by atomic mass is 9.79. The van der Waals surface area contributed by atoms with Gasteiger partial charge in [-0.25, -0.2) is 4.79 Å². The van der Waals surface area contributed by atoms with E-state index in [-0.39, 0.29) is 18.0 Å². The molecule has 1 aliphatic heterocycles. The van der Waals surface area contributed by atoms with E-state index < -0.39 is 17.5 Å². The summed E-state index contributed by atoms with van der Waals surface area (Å²) in [6.07, 6.45) is 2.71. The van der Waals surface area contributed by atoms with E-state index in [0.29, 0.717) is 21.9 Å². The second kappa shape index (κ2) is 7.98. The minimum absolute atomic E-state index is 0.111. The van der Waals surface area contributed by atoms with Crippen molar-refractivity contribution >= 4 is 29.1 Å². The molecule has 1 heterocycles. The lowest BCUT2D eigenvalue weighted by molar-refractivity contribution is -0.146. The van der Waals surface area contributed by atoms with Crippen LogP contribution in [0.2, 0.25) is 5.02 Å². The summed E-state index contributed by atoms with van der Waals surface area (Å²) in [5.74, 6) is -1.31. The molecule has 0 N–H and O–H groups in total. The Labute approximate surface area is 167 Å². The van der Waals surface area contributed by atoms with E-state index in [2.05, 4.69) is 0 Å². The summed E-state index contributed by atoms with van der Waals surface area (Å²) < 4.78 is 10.5. The maximum atomic E-state index is 13.2. The molecule has 0 amide bonds. The van der Waals surface area contributed by atoms with E-state index in [1.807, 2.05) is 0 Å². The average molecular weight is 399 g/mol. The van der Waals surface area contributed by atoms with Crippen LogP contribution in [-0.4, -0.2) is 30.2 Å². The van der Waals surface area contributed by atoms with Crippen LogP contribution in [0.15, 0.2) is 60.7 Å². The first-order chi connectivity index (χ1) is 13.3. The summed E-state index contributed by atoms with van der Waals surface area (Å²) in [7, 11) is 1.54. The predicted octanol–water partition coefficient (Wildman–Crippen LogP) is 4.29. The molecule has 144 valence electrons. The summed E-state index contributed by atoms with van der Waals surface area (Å²) in [6.45, 7) is 1.63. The van der Waals surface area contributed by atoms with Gasteiger partial charge in [-0.05, 0) is 61.5 Å². The molecule has 0 aromatic heterocycles. The summed E-state index contributed by atoms with van der Waals surface area (Å²) in [4.78, 5) is 37.7. The smallest absolute Gasteiger partial charge is 0.331 e. The predicted molar refractivity (Wildman–Crippen MR) is 105 cm³/mol. The first-order valence-electron chi connectivity index (χ1n) is 8.71. The number of Topliss-reactive ketones (excluding diaryl/α,β-unsaturated/α-hetero) is 2. The second-order valence-electron chi connectivity index (χ2n) is 6.72. The van der Waals surface area contributed by atoms with Crippen LogP contribution in [-0.2, 0) is 9.53 Å². The molecule has 0 aliphatic carbocycles. The lowest BCUT2D eigenvalue weighted by Gasteiger charge is -2.30. The van der Waals surface area contributed by atoms with Crippen LogP contribution >= 0.6 is 11.6 Å². The molecule has 2 atom stereocenters. The maximum Gasteiger partial charge on any atom is 0.331 e. The number of halogens is 1. The Morgan fingerprint density at radius 1 is 1.07 bits per heavy atom. The van der Waals surface area contributed by atoms with E-state index in [1.165, 1.54) is 19.3 Å². The van der Waals surface area contributed by atoms with Gasteiger partial charge in [0.2, 0.25) is 0 Å². The number of cyclic esters (lactones) is 1. The van der Waals surface area contributed by atoms with Gasteiger partial charge in [0.15, 0.2) is 11.6 Å². The van der Waals surface area contributed by atoms with E-state index in [9.17, 15) is 14.4 Å². The van der Waals surface area contributed by atoms with Crippen molar-refractivity contribution < 1.29 is 23.9 Å². The highest BCUT2D eigenvalue weighted by molar-refractivity contribution is 6.30. The lowest BCUT2D eigenvalue weighted by Crippen LogP contribution is -2.40. The topological polar surface area (TPSA) is 69.7 Å². The second-order valence-corrected chi connectivity index (χ2v) is 7.15. The summed E-state index contributed by atoms with van der Waals surface area (Å²) in [5.41, 5.74) is -0.350. The fourth-order valence-corrected chi connectivity index (χ4v) is 3.28. The molecule has 0 spiro atoms. The minimum Gasteiger partial charge on any atom is -0.497 e. The van der Waals surface area contributed by atoms with Gasteiger partial charge < -0.3 is 9.47 Å². The van der Waals surface area contributed by atoms with Gasteiger partial charge in [0.25, 0.3) is 0 Å². The highest BCUT2D eigenvalue weighted by Crippen LogP contribution is 2.34. The monoisotopic (exact) mass is 398 g/mol. The minimum atomic E-state index is -1.20. The molecule has 2 unspecified atom stereocenters. The van der Waals surface area contributed by atoms with Crippen LogP contribution < -0.4 is 4.74 Å². The van der Waals surface area contributed by atoms with Crippen LogP contribution in [0.1, 0.15) is 34.1 Å². The molecule has 0 saturated carbocycles. The SMILES string of the molecule is COc1ccc(C(=O)C(CC(=O)c2ccc(Cl)cc2)C2(C)C=CC(=O)O2)cc1. The van der Waals surface area contributed by atoms with Gasteiger partial charge in [0, 0.05) is 28.6 Å². The van der Waals surface area contributed by atoms with Crippen molar-refractivity contribution in [2.24, 2.45) is 5.92 Å². The molecule has 2 aromatic carbocycles. The largest absolute Gasteiger partial charge is 0.497 e. The first kappa shape index (κ1) is 19.8. The fraction of sp³-hybridized carbons (Fsp3) is 0.227. The molecule has 28 heavy (non-hydrogen) atoms. The van der Waals surface area contributed by atoms with Gasteiger partial charge in [0.1, 0.15) is 11.4 Å². The average Bonchev–Trinajstić information content (AvgIpc) is 3.05. The number of methoxy groups -OCH3 is 1. The molecule has 6 heteroatoms. The third kappa shape index (κ3) is 4.15. The maximum absolute atomic E-state index is 13.2. The Morgan fingerprint density at radius 2 is 1.68 bits per heavy atom. The zero-order valence-corrected chi connectivity index (χ0v) is 16.2. The van der Waals surface area contributed by atoms with Gasteiger partial charge in [0.05, 0.1) is 13.0 Å². The Hall–Kier alpha value is -2.92. The Balaban J connectivity index is 1.91. The number of hydrogen-bond acceptors (Lipinski definition) is 5. The normalized spacial score (nSPS) is 19.2. The van der Waals surface area contributed by atoms with E-state index in [4.69, 9.17) is 21.1 Å². The molecule has 2 aromatic rings. The molecule has 0 radical (unpaired) electrons. The Kier molecular flexibility index (Phi) is 5.66. The Bertz CT molecular complexity index is 930. The van der Waals surface area contributed by atoms with Crippen molar-refractivity contribution in [3.05, 3.63) is 76.8 Å². The van der Waals surface area contributed by atoms with Gasteiger partial charge in [-0.3, -0.25) is 9.59 Å². The highest BCUT2D eigenvalue weighted by atomic mass is 35.5. The number of benzene rings is 2. The van der Waals surface area contributed by atoms with Gasteiger partial charge in [-0.1, -0.05) is 11.6 Å². The summed E-state index contributed by atoms with van der Waals surface area (Å²) >= 11 is 5.88. The number of carbonyl (C=O) groups is 3. The fourth-order valence-electron chi connectivity index (χ4n) is 3.16. The van der Waals surface area contributed by atoms with Crippen LogP contribution in [0.25, 0.3) is 0 Å². The number of ether oxygens (including phenoxy) is 2. The molecular weight excluding hydrogens is 380 g/mol. The number of hydrogen-bond donors (Lipinski definition) is 0. The molecule has 1 aliphatic rings. The van der Waals surface area contributed by atoms with Crippen LogP contribution in [0.3, 0.4) is 0 Å². The van der Waals surface area contributed by atoms with Crippen molar-refractivity contribution in [2.75, 3.05) is 7.11 Å². The zero-order valence-electron chi connectivity index (χ0n) is 15.5. The van der Waals surface area contributed by atoms with Gasteiger partial charge >= 0.3 is 5.97 Å². The molecule has 5 nitrogen and oxygen atoms in total. The van der Waals surface area contributed by atoms with Gasteiger partial charge in [-0.2, -0.15) is 0 Å². The van der Waals surface area contributed by atoms with E-state index in [0.717, 1.165) is 0 Å². The number of esters is 1. The molecule has 0 saturated heterocycles. The number of rotatable bonds is 7. The molecule has 0 bridgehead atoms. The molecular formula is C22H19ClO5. The van der Waals surface area contributed by atoms with Crippen molar-refractivity contribution in [3.63, 3.8) is 0 Å². The van der Waals surface area contributed by atoms with Crippen LogP contribution in [0.5, 0.6) is 5.75 Å². The van der Waals surface area contributed by atoms with Crippen molar-refractivity contribution in [2.45, 2.75) is 18.9 Å². The number of ketones is 2. The van der Waals surface area contributed by atoms with E-state index >= 15 is 0 Å². The van der Waals surface area contributed by atoms with E-state index in [1.54, 1.807) is 55.5 Å². The zero-order chi connectivity index (χ0) is 20.3. The van der Waals surface area contributed by atoms with Crippen molar-refractivity contribution in [1.82, 2.24) is 0 Å². The number of carbonyl (C=O) groups excluding carboxylic acids is 3. The molecule has 0 fully saturated rings. The Morgan fingerprint density at radius 3 is 2.21 bits per heavy atom. The quantitative estimate of drug-likeness (QED) is 0.514. The van der Waals surface area contributed by atoms with Crippen molar-refractivity contribution in [1.29, 1.82) is 0 Å². The highest BCUT2D eigenvalue weighted by Gasteiger charge is 2.44. The third-order valence-corrected chi connectivity index (χ3v) is 5.06. The first-order valence-corrected chi connectivity index (χ1v) is 9.09. The van der Waals surface area contributed by atoms with Crippen molar-refractivity contribution in [3.8, 4) is 5.75 Å². The van der Waals surface area contributed by atoms with Gasteiger partial charge in [-0.15, -0.1) is 0 Å². The third-order valence-electron chi connectivity index (χ3n) is 4.81. The van der Waals surface area contributed by atoms with Crippen LogP contribution in [0.4, 0.5) is 0 Å².